The van der Waals surface area contributed by atoms with Crippen LogP contribution in [0.2, 0.25) is 0 Å². The molecule has 3 N–H and O–H groups in total. The quantitative estimate of drug-likeness (QED) is 0.166. The third-order valence-electron chi connectivity index (χ3n) is 3.86. The van der Waals surface area contributed by atoms with Crippen molar-refractivity contribution in [3.05, 3.63) is 11.1 Å². The van der Waals surface area contributed by atoms with Crippen LogP contribution in [0.5, 0.6) is 0 Å². The summed E-state index contributed by atoms with van der Waals surface area (Å²) in [5.41, 5.74) is 5.30. The van der Waals surface area contributed by atoms with Gasteiger partial charge in [0.1, 0.15) is 31.4 Å². The first kappa shape index (κ1) is 22.5. The van der Waals surface area contributed by atoms with E-state index in [9.17, 15) is 27.4 Å². The minimum Gasteiger partial charge on any atom is -0.464 e. The molecule has 1 saturated heterocycles. The smallest absolute Gasteiger partial charge is 0.363 e. The molecule has 0 aromatic carbocycles. The summed E-state index contributed by atoms with van der Waals surface area (Å²) in [6.07, 6.45) is -1.16. The molecule has 1 aromatic heterocycles. The highest BCUT2D eigenvalue weighted by atomic mass is 32.2. The van der Waals surface area contributed by atoms with Gasteiger partial charge in [0.25, 0.3) is 0 Å². The van der Waals surface area contributed by atoms with Gasteiger partial charge in [0.15, 0.2) is 5.13 Å². The number of carbonyl (C=O) groups is 3. The van der Waals surface area contributed by atoms with E-state index in [2.05, 4.69) is 15.0 Å². The van der Waals surface area contributed by atoms with Gasteiger partial charge in [-0.3, -0.25) is 14.1 Å². The van der Waals surface area contributed by atoms with Gasteiger partial charge >= 0.3 is 22.2 Å². The molecule has 0 saturated carbocycles. The molecule has 0 aliphatic carbocycles. The molecule has 0 radical (unpaired) electrons. The van der Waals surface area contributed by atoms with E-state index in [0.717, 1.165) is 18.3 Å². The first-order valence-electron chi connectivity index (χ1n) is 7.95. The van der Waals surface area contributed by atoms with Gasteiger partial charge in [-0.1, -0.05) is 5.16 Å². The second kappa shape index (κ2) is 8.71. The Morgan fingerprint density at radius 1 is 1.48 bits per heavy atom. The second-order valence-corrected chi connectivity index (χ2v) is 7.99. The van der Waals surface area contributed by atoms with E-state index in [4.69, 9.17) is 15.2 Å². The number of anilines is 1. The Morgan fingerprint density at radius 2 is 2.14 bits per heavy atom. The predicted molar refractivity (Wildman–Crippen MR) is 97.9 cm³/mol. The van der Waals surface area contributed by atoms with Gasteiger partial charge in [0, 0.05) is 12.3 Å². The van der Waals surface area contributed by atoms with Crippen molar-refractivity contribution in [2.45, 2.75) is 26.0 Å². The number of nitrogens with zero attached hydrogens (tertiary/aromatic N) is 3. The van der Waals surface area contributed by atoms with E-state index in [1.54, 1.807) is 0 Å². The molecule has 3 atom stereocenters. The first-order valence-corrected chi connectivity index (χ1v) is 10.2. The number of amides is 1. The fraction of sp³-hybridized carbons (Fsp3) is 0.500. The van der Waals surface area contributed by atoms with Crippen LogP contribution in [-0.4, -0.2) is 71.7 Å². The summed E-state index contributed by atoms with van der Waals surface area (Å²) in [7, 11) is -3.69. The van der Waals surface area contributed by atoms with E-state index >= 15 is 0 Å². The largest absolute Gasteiger partial charge is 0.464 e. The number of hydrogen-bond acceptors (Lipinski definition) is 12. The maximum absolute atomic E-state index is 12.5. The Hall–Kier alpha value is -2.78. The van der Waals surface area contributed by atoms with Crippen LogP contribution in [0.3, 0.4) is 0 Å². The molecular formula is C14H18N4O9S2. The fourth-order valence-electron chi connectivity index (χ4n) is 2.69. The number of ether oxygens (including phenoxy) is 2. The SMILES string of the molecule is CO/N=C(\C(=O)O[C@H](C)[C@H]1C(=O)N(S(=O)(=O)O)[C@@H]1COC(C)=O)c1csc(N)n1. The maximum Gasteiger partial charge on any atom is 0.363 e. The molecule has 1 aromatic rings. The summed E-state index contributed by atoms with van der Waals surface area (Å²) in [6.45, 7) is 1.90. The highest BCUT2D eigenvalue weighted by Crippen LogP contribution is 2.33. The zero-order valence-electron chi connectivity index (χ0n) is 15.5. The molecule has 2 rings (SSSR count). The highest BCUT2D eigenvalue weighted by molar-refractivity contribution is 7.84. The van der Waals surface area contributed by atoms with Gasteiger partial charge in [0.05, 0.1) is 6.04 Å². The van der Waals surface area contributed by atoms with Gasteiger partial charge < -0.3 is 20.0 Å². The average Bonchev–Trinajstić information content (AvgIpc) is 3.00. The third kappa shape index (κ3) is 4.99. The summed E-state index contributed by atoms with van der Waals surface area (Å²) in [6, 6.07) is -1.25. The summed E-state index contributed by atoms with van der Waals surface area (Å²) in [5.74, 6) is -3.94. The number of oxime groups is 1. The van der Waals surface area contributed by atoms with Gasteiger partial charge in [-0.15, -0.1) is 11.3 Å². The van der Waals surface area contributed by atoms with Crippen LogP contribution in [0, 0.1) is 5.92 Å². The lowest BCUT2D eigenvalue weighted by Gasteiger charge is -2.45. The topological polar surface area (TPSA) is 188 Å². The molecule has 2 heterocycles. The minimum absolute atomic E-state index is 0.0857. The Balaban J connectivity index is 2.19. The Kier molecular flexibility index (Phi) is 6.76. The van der Waals surface area contributed by atoms with Crippen LogP contribution < -0.4 is 5.73 Å². The number of aromatic nitrogens is 1. The lowest BCUT2D eigenvalue weighted by Crippen LogP contribution is -2.67. The Bertz CT molecular complexity index is 943. The number of esters is 2. The van der Waals surface area contributed by atoms with Crippen molar-refractivity contribution in [3.8, 4) is 0 Å². The molecule has 1 fully saturated rings. The second-order valence-electron chi connectivity index (χ2n) is 5.81. The van der Waals surface area contributed by atoms with E-state index in [1.807, 2.05) is 0 Å². The molecule has 29 heavy (non-hydrogen) atoms. The van der Waals surface area contributed by atoms with Crippen LogP contribution in [0.1, 0.15) is 19.5 Å². The number of nitrogens with two attached hydrogens (primary N) is 1. The lowest BCUT2D eigenvalue weighted by molar-refractivity contribution is -0.168. The number of nitrogen functional groups attached to an aromatic ring is 1. The molecule has 160 valence electrons. The van der Waals surface area contributed by atoms with Crippen molar-refractivity contribution < 1.29 is 41.7 Å². The Labute approximate surface area is 169 Å². The van der Waals surface area contributed by atoms with Crippen LogP contribution in [0.4, 0.5) is 5.13 Å². The van der Waals surface area contributed by atoms with Crippen molar-refractivity contribution in [2.24, 2.45) is 11.1 Å². The third-order valence-corrected chi connectivity index (χ3v) is 5.48. The van der Waals surface area contributed by atoms with Crippen molar-refractivity contribution in [1.29, 1.82) is 0 Å². The normalized spacial score (nSPS) is 20.6. The number of β-lactam (4-membered cyclic amide) rings is 1. The molecular weight excluding hydrogens is 432 g/mol. The molecule has 0 bridgehead atoms. The number of carbonyl (C=O) groups excluding carboxylic acids is 3. The monoisotopic (exact) mass is 450 g/mol. The maximum atomic E-state index is 12.5. The summed E-state index contributed by atoms with van der Waals surface area (Å²) < 4.78 is 42.1. The van der Waals surface area contributed by atoms with Gasteiger partial charge in [-0.25, -0.2) is 14.1 Å². The minimum atomic E-state index is -4.89. The van der Waals surface area contributed by atoms with E-state index in [-0.39, 0.29) is 20.8 Å². The molecule has 0 spiro atoms. The fourth-order valence-corrected chi connectivity index (χ4v) is 4.12. The number of rotatable bonds is 8. The molecule has 0 unspecified atom stereocenters. The van der Waals surface area contributed by atoms with Crippen molar-refractivity contribution in [3.63, 3.8) is 0 Å². The molecule has 1 aliphatic rings. The molecule has 1 aliphatic heterocycles. The number of thiazole rings is 1. The molecule has 1 amide bonds. The van der Waals surface area contributed by atoms with Gasteiger partial charge in [-0.2, -0.15) is 8.42 Å². The van der Waals surface area contributed by atoms with Crippen LogP contribution in [-0.2, 0) is 39.0 Å². The molecule has 13 nitrogen and oxygen atoms in total. The standard InChI is InChI=1S/C14H18N4O9S2/c1-6(27-13(21)11(17-25-3)8-5-28-14(15)16-8)10-9(4-26-7(2)19)18(12(10)20)29(22,23)24/h5-6,9-10H,4H2,1-3H3,(H2,15,16)(H,22,23,24)/b17-11-/t6-,9-,10-/m1/s1. The van der Waals surface area contributed by atoms with Crippen molar-refractivity contribution in [2.75, 3.05) is 19.5 Å². The predicted octanol–water partition coefficient (Wildman–Crippen LogP) is -0.800. The number of hydrogen-bond donors (Lipinski definition) is 2. The zero-order valence-corrected chi connectivity index (χ0v) is 17.1. The van der Waals surface area contributed by atoms with Crippen molar-refractivity contribution >= 4 is 50.3 Å². The highest BCUT2D eigenvalue weighted by Gasteiger charge is 2.57. The average molecular weight is 450 g/mol. The van der Waals surface area contributed by atoms with Crippen LogP contribution >= 0.6 is 11.3 Å². The summed E-state index contributed by atoms with van der Waals surface area (Å²) >= 11 is 1.05. The lowest BCUT2D eigenvalue weighted by atomic mass is 9.86. The van der Waals surface area contributed by atoms with Gasteiger partial charge in [-0.05, 0) is 6.92 Å². The van der Waals surface area contributed by atoms with E-state index in [1.165, 1.54) is 19.4 Å². The molecule has 15 heteroatoms. The van der Waals surface area contributed by atoms with Crippen LogP contribution in [0.15, 0.2) is 10.5 Å². The summed E-state index contributed by atoms with van der Waals surface area (Å²) in [4.78, 5) is 44.2. The van der Waals surface area contributed by atoms with E-state index < -0.39 is 52.8 Å². The van der Waals surface area contributed by atoms with Gasteiger partial charge in [0.2, 0.25) is 11.6 Å². The van der Waals surface area contributed by atoms with Crippen molar-refractivity contribution in [1.82, 2.24) is 9.29 Å². The zero-order chi connectivity index (χ0) is 21.9. The summed E-state index contributed by atoms with van der Waals surface area (Å²) in [5, 5.41) is 5.16. The van der Waals surface area contributed by atoms with E-state index in [0.29, 0.717) is 0 Å². The Morgan fingerprint density at radius 3 is 2.62 bits per heavy atom. The van der Waals surface area contributed by atoms with Crippen LogP contribution in [0.25, 0.3) is 0 Å². The first-order chi connectivity index (χ1) is 13.5.